The lowest BCUT2D eigenvalue weighted by atomic mass is 10.1. The van der Waals surface area contributed by atoms with Crippen LogP contribution in [0.2, 0.25) is 10.0 Å². The van der Waals surface area contributed by atoms with Crippen LogP contribution in [0.25, 0.3) is 0 Å². The normalized spacial score (nSPS) is 12.0. The molecule has 0 heterocycles. The van der Waals surface area contributed by atoms with Gasteiger partial charge in [0.2, 0.25) is 11.8 Å². The number of hydrogen-bond acceptors (Lipinski definition) is 6. The average molecular weight is 623 g/mol. The summed E-state index contributed by atoms with van der Waals surface area (Å²) < 4.78 is 39.5. The third-order valence-electron chi connectivity index (χ3n) is 6.22. The molecule has 0 aliphatic carbocycles. The molecule has 41 heavy (non-hydrogen) atoms. The summed E-state index contributed by atoms with van der Waals surface area (Å²) in [5, 5.41) is 3.53. The number of hydrogen-bond donors (Lipinski definition) is 1. The Labute approximate surface area is 251 Å². The van der Waals surface area contributed by atoms with E-state index in [1.165, 1.54) is 49.5 Å². The maximum atomic E-state index is 14.0. The van der Waals surface area contributed by atoms with E-state index in [0.717, 1.165) is 4.31 Å². The van der Waals surface area contributed by atoms with Crippen LogP contribution < -0.4 is 19.1 Å². The maximum absolute atomic E-state index is 14.0. The maximum Gasteiger partial charge on any atom is 0.264 e. The summed E-state index contributed by atoms with van der Waals surface area (Å²) in [6.45, 7) is 4.51. The van der Waals surface area contributed by atoms with Crippen LogP contribution in [0.3, 0.4) is 0 Å². The molecule has 1 N–H and O–H groups in total. The number of halogens is 2. The summed E-state index contributed by atoms with van der Waals surface area (Å²) in [7, 11) is -1.35. The smallest absolute Gasteiger partial charge is 0.264 e. The van der Waals surface area contributed by atoms with Crippen LogP contribution in [0.15, 0.2) is 71.6 Å². The van der Waals surface area contributed by atoms with E-state index < -0.39 is 34.4 Å². The third-order valence-corrected chi connectivity index (χ3v) is 8.59. The van der Waals surface area contributed by atoms with Crippen molar-refractivity contribution in [3.8, 4) is 11.5 Å². The Bertz CT molecular complexity index is 1490. The number of ether oxygens (including phenoxy) is 2. The lowest BCUT2D eigenvalue weighted by molar-refractivity contribution is -0.139. The molecule has 1 atom stereocenters. The molecule has 220 valence electrons. The second-order valence-corrected chi connectivity index (χ2v) is 12.2. The van der Waals surface area contributed by atoms with E-state index >= 15 is 0 Å². The average Bonchev–Trinajstić information content (AvgIpc) is 2.94. The molecule has 3 rings (SSSR count). The van der Waals surface area contributed by atoms with Crippen molar-refractivity contribution >= 4 is 50.7 Å². The number of anilines is 1. The van der Waals surface area contributed by atoms with Crippen molar-refractivity contribution in [1.82, 2.24) is 10.2 Å². The van der Waals surface area contributed by atoms with Gasteiger partial charge in [-0.15, -0.1) is 0 Å². The molecule has 3 aromatic rings. The van der Waals surface area contributed by atoms with Crippen LogP contribution in [-0.4, -0.2) is 58.0 Å². The van der Waals surface area contributed by atoms with E-state index in [1.54, 1.807) is 57.2 Å². The fourth-order valence-electron chi connectivity index (χ4n) is 4.05. The van der Waals surface area contributed by atoms with Crippen LogP contribution in [-0.2, 0) is 26.2 Å². The van der Waals surface area contributed by atoms with Gasteiger partial charge in [0.05, 0.1) is 24.8 Å². The molecule has 0 aromatic heterocycles. The first-order valence-electron chi connectivity index (χ1n) is 12.7. The first kappa shape index (κ1) is 32.0. The van der Waals surface area contributed by atoms with Crippen LogP contribution in [0, 0.1) is 0 Å². The Balaban J connectivity index is 2.10. The molecule has 0 fully saturated rings. The van der Waals surface area contributed by atoms with E-state index in [2.05, 4.69) is 5.32 Å². The van der Waals surface area contributed by atoms with Crippen LogP contribution in [0.1, 0.15) is 26.3 Å². The van der Waals surface area contributed by atoms with Crippen molar-refractivity contribution in [2.45, 2.75) is 44.3 Å². The van der Waals surface area contributed by atoms with Crippen molar-refractivity contribution in [2.75, 3.05) is 25.1 Å². The highest BCUT2D eigenvalue weighted by Crippen LogP contribution is 2.34. The highest BCUT2D eigenvalue weighted by Gasteiger charge is 2.33. The van der Waals surface area contributed by atoms with E-state index in [4.69, 9.17) is 32.7 Å². The zero-order valence-corrected chi connectivity index (χ0v) is 25.8. The van der Waals surface area contributed by atoms with Crippen LogP contribution in [0.4, 0.5) is 5.69 Å². The fraction of sp³-hybridized carbons (Fsp3) is 0.310. The number of nitrogens with zero attached hydrogens (tertiary/aromatic N) is 2. The molecular weight excluding hydrogens is 589 g/mol. The predicted octanol–water partition coefficient (Wildman–Crippen LogP) is 5.15. The monoisotopic (exact) mass is 621 g/mol. The summed E-state index contributed by atoms with van der Waals surface area (Å²) in [6, 6.07) is 16.0. The van der Waals surface area contributed by atoms with Gasteiger partial charge in [-0.2, -0.15) is 0 Å². The molecule has 12 heteroatoms. The molecule has 0 radical (unpaired) electrons. The minimum absolute atomic E-state index is 0.0134. The minimum atomic E-state index is -4.23. The van der Waals surface area contributed by atoms with Gasteiger partial charge in [0.1, 0.15) is 12.6 Å². The van der Waals surface area contributed by atoms with E-state index in [1.807, 2.05) is 0 Å². The lowest BCUT2D eigenvalue weighted by Gasteiger charge is -2.32. The molecule has 2 amide bonds. The molecule has 1 unspecified atom stereocenters. The lowest BCUT2D eigenvalue weighted by Crippen LogP contribution is -2.52. The highest BCUT2D eigenvalue weighted by molar-refractivity contribution is 7.92. The van der Waals surface area contributed by atoms with Crippen molar-refractivity contribution < 1.29 is 27.5 Å². The zero-order valence-electron chi connectivity index (χ0n) is 23.4. The quantitative estimate of drug-likeness (QED) is 0.300. The van der Waals surface area contributed by atoms with Gasteiger partial charge in [-0.3, -0.25) is 13.9 Å². The van der Waals surface area contributed by atoms with Gasteiger partial charge in [-0.1, -0.05) is 47.5 Å². The standard InChI is InChI=1S/C29H33Cl2N3O6S/c1-19(2)32-29(36)20(3)33(17-21-11-12-22(30)15-25(21)31)28(35)18-34(41(37,38)24-9-7-6-8-10-24)23-13-14-26(39-4)27(16-23)40-5/h6-16,19-20H,17-18H2,1-5H3,(H,32,36). The zero-order chi connectivity index (χ0) is 30.3. The molecule has 0 aliphatic rings. The minimum Gasteiger partial charge on any atom is -0.493 e. The van der Waals surface area contributed by atoms with Crippen molar-refractivity contribution in [1.29, 1.82) is 0 Å². The summed E-state index contributed by atoms with van der Waals surface area (Å²) in [6.07, 6.45) is 0. The van der Waals surface area contributed by atoms with Gasteiger partial charge in [0.25, 0.3) is 10.0 Å². The van der Waals surface area contributed by atoms with E-state index in [-0.39, 0.29) is 28.9 Å². The molecule has 9 nitrogen and oxygen atoms in total. The Kier molecular flexibility index (Phi) is 10.9. The van der Waals surface area contributed by atoms with E-state index in [0.29, 0.717) is 21.4 Å². The molecule has 0 spiro atoms. The van der Waals surface area contributed by atoms with E-state index in [9.17, 15) is 18.0 Å². The predicted molar refractivity (Wildman–Crippen MR) is 160 cm³/mol. The van der Waals surface area contributed by atoms with Gasteiger partial charge in [0.15, 0.2) is 11.5 Å². The Morgan fingerprint density at radius 1 is 0.902 bits per heavy atom. The number of nitrogens with one attached hydrogen (secondary N) is 1. The van der Waals surface area contributed by atoms with Gasteiger partial charge in [0, 0.05) is 28.7 Å². The summed E-state index contributed by atoms with van der Waals surface area (Å²) in [5.74, 6) is -0.364. The first-order valence-corrected chi connectivity index (χ1v) is 14.9. The van der Waals surface area contributed by atoms with Crippen molar-refractivity contribution in [3.05, 3.63) is 82.3 Å². The highest BCUT2D eigenvalue weighted by atomic mass is 35.5. The number of carbonyl (C=O) groups is 2. The fourth-order valence-corrected chi connectivity index (χ4v) is 5.94. The number of carbonyl (C=O) groups excluding carboxylic acids is 2. The molecule has 0 bridgehead atoms. The van der Waals surface area contributed by atoms with Gasteiger partial charge in [-0.25, -0.2) is 8.42 Å². The van der Waals surface area contributed by atoms with Gasteiger partial charge >= 0.3 is 0 Å². The Morgan fingerprint density at radius 3 is 2.15 bits per heavy atom. The summed E-state index contributed by atoms with van der Waals surface area (Å²) >= 11 is 12.5. The third kappa shape index (κ3) is 7.84. The topological polar surface area (TPSA) is 105 Å². The first-order chi connectivity index (χ1) is 19.4. The molecule has 0 saturated heterocycles. The Morgan fingerprint density at radius 2 is 1.56 bits per heavy atom. The van der Waals surface area contributed by atoms with Gasteiger partial charge < -0.3 is 19.7 Å². The van der Waals surface area contributed by atoms with Crippen LogP contribution in [0.5, 0.6) is 11.5 Å². The summed E-state index contributed by atoms with van der Waals surface area (Å²) in [4.78, 5) is 28.3. The van der Waals surface area contributed by atoms with Crippen molar-refractivity contribution in [3.63, 3.8) is 0 Å². The molecule has 0 aliphatic heterocycles. The molecule has 3 aromatic carbocycles. The molecular formula is C29H33Cl2N3O6S. The molecule has 0 saturated carbocycles. The second-order valence-electron chi connectivity index (χ2n) is 9.46. The number of rotatable bonds is 12. The Hall–Kier alpha value is -3.47. The number of amides is 2. The number of benzene rings is 3. The number of methoxy groups -OCH3 is 2. The number of sulfonamides is 1. The van der Waals surface area contributed by atoms with Gasteiger partial charge in [-0.05, 0) is 62.7 Å². The summed E-state index contributed by atoms with van der Waals surface area (Å²) in [5.41, 5.74) is 0.709. The van der Waals surface area contributed by atoms with Crippen molar-refractivity contribution in [2.24, 2.45) is 0 Å². The SMILES string of the molecule is COc1ccc(N(CC(=O)N(Cc2ccc(Cl)cc2Cl)C(C)C(=O)NC(C)C)S(=O)(=O)c2ccccc2)cc1OC. The second kappa shape index (κ2) is 13.9. The largest absolute Gasteiger partial charge is 0.493 e. The van der Waals surface area contributed by atoms with Crippen LogP contribution >= 0.6 is 23.2 Å².